The number of primary amides is 1. The van der Waals surface area contributed by atoms with E-state index in [-0.39, 0.29) is 11.8 Å². The van der Waals surface area contributed by atoms with Gasteiger partial charge in [0.05, 0.1) is 19.1 Å². The maximum absolute atomic E-state index is 11.2. The molecule has 134 valence electrons. The number of ether oxygens (including phenoxy) is 1. The predicted octanol–water partition coefficient (Wildman–Crippen LogP) is 2.22. The molecule has 1 aliphatic rings. The summed E-state index contributed by atoms with van der Waals surface area (Å²) in [4.78, 5) is 13.3. The summed E-state index contributed by atoms with van der Waals surface area (Å²) < 4.78 is 11.4. The Morgan fingerprint density at radius 2 is 2.16 bits per heavy atom. The van der Waals surface area contributed by atoms with Gasteiger partial charge in [0, 0.05) is 12.1 Å². The second-order valence-electron chi connectivity index (χ2n) is 6.35. The van der Waals surface area contributed by atoms with Gasteiger partial charge in [-0.25, -0.2) is 0 Å². The molecule has 0 aliphatic carbocycles. The van der Waals surface area contributed by atoms with Crippen LogP contribution in [0.4, 0.5) is 0 Å². The molecule has 1 aliphatic heterocycles. The van der Waals surface area contributed by atoms with Crippen LogP contribution >= 0.6 is 0 Å². The SMILES string of the molecule is CCCCOc1ccc(-c2nnc(CN3CC[C@@H](C(N)=O)C3)o2)cc1. The summed E-state index contributed by atoms with van der Waals surface area (Å²) >= 11 is 0. The first kappa shape index (κ1) is 17.4. The Bertz CT molecular complexity index is 699. The van der Waals surface area contributed by atoms with Crippen molar-refractivity contribution >= 4 is 5.91 Å². The molecular weight excluding hydrogens is 320 g/mol. The lowest BCUT2D eigenvalue weighted by atomic mass is 10.1. The first-order chi connectivity index (χ1) is 12.2. The number of amides is 1. The minimum absolute atomic E-state index is 0.0809. The second-order valence-corrected chi connectivity index (χ2v) is 6.35. The Balaban J connectivity index is 1.57. The van der Waals surface area contributed by atoms with E-state index in [1.807, 2.05) is 24.3 Å². The molecule has 2 N–H and O–H groups in total. The predicted molar refractivity (Wildman–Crippen MR) is 92.7 cm³/mol. The van der Waals surface area contributed by atoms with E-state index in [0.717, 1.165) is 43.7 Å². The maximum atomic E-state index is 11.2. The zero-order chi connectivity index (χ0) is 17.6. The summed E-state index contributed by atoms with van der Waals surface area (Å²) in [5.41, 5.74) is 6.22. The molecule has 1 aromatic carbocycles. The highest BCUT2D eigenvalue weighted by Gasteiger charge is 2.27. The molecule has 1 atom stereocenters. The largest absolute Gasteiger partial charge is 0.494 e. The van der Waals surface area contributed by atoms with E-state index in [1.54, 1.807) is 0 Å². The topological polar surface area (TPSA) is 94.5 Å². The van der Waals surface area contributed by atoms with Gasteiger partial charge in [-0.3, -0.25) is 9.69 Å². The molecule has 1 saturated heterocycles. The van der Waals surface area contributed by atoms with Crippen molar-refractivity contribution in [3.05, 3.63) is 30.2 Å². The van der Waals surface area contributed by atoms with Gasteiger partial charge in [0.2, 0.25) is 17.7 Å². The number of hydrogen-bond acceptors (Lipinski definition) is 6. The first-order valence-corrected chi connectivity index (χ1v) is 8.73. The molecule has 0 saturated carbocycles. The van der Waals surface area contributed by atoms with E-state index >= 15 is 0 Å². The van der Waals surface area contributed by atoms with Crippen molar-refractivity contribution in [1.82, 2.24) is 15.1 Å². The quantitative estimate of drug-likeness (QED) is 0.738. The van der Waals surface area contributed by atoms with Crippen LogP contribution < -0.4 is 10.5 Å². The van der Waals surface area contributed by atoms with Crippen molar-refractivity contribution in [2.24, 2.45) is 11.7 Å². The molecule has 0 bridgehead atoms. The molecular formula is C18H24N4O3. The lowest BCUT2D eigenvalue weighted by Crippen LogP contribution is -2.27. The minimum atomic E-state index is -0.241. The molecule has 1 aromatic heterocycles. The van der Waals surface area contributed by atoms with Crippen LogP contribution in [0, 0.1) is 5.92 Å². The van der Waals surface area contributed by atoms with Crippen molar-refractivity contribution in [3.8, 4) is 17.2 Å². The number of hydrogen-bond donors (Lipinski definition) is 1. The number of rotatable bonds is 8. The van der Waals surface area contributed by atoms with Gasteiger partial charge in [-0.15, -0.1) is 10.2 Å². The van der Waals surface area contributed by atoms with Crippen LogP contribution in [0.2, 0.25) is 0 Å². The average molecular weight is 344 g/mol. The molecule has 3 rings (SSSR count). The molecule has 0 unspecified atom stereocenters. The van der Waals surface area contributed by atoms with Crippen LogP contribution in [-0.2, 0) is 11.3 Å². The number of carbonyl (C=O) groups is 1. The van der Waals surface area contributed by atoms with Crippen LogP contribution in [-0.4, -0.2) is 40.7 Å². The minimum Gasteiger partial charge on any atom is -0.494 e. The number of unbranched alkanes of at least 4 members (excludes halogenated alkanes) is 1. The number of nitrogens with two attached hydrogens (primary N) is 1. The van der Waals surface area contributed by atoms with E-state index in [9.17, 15) is 4.79 Å². The summed E-state index contributed by atoms with van der Waals surface area (Å²) in [7, 11) is 0. The summed E-state index contributed by atoms with van der Waals surface area (Å²) in [6, 6.07) is 7.65. The molecule has 0 radical (unpaired) electrons. The van der Waals surface area contributed by atoms with Gasteiger partial charge in [0.25, 0.3) is 0 Å². The van der Waals surface area contributed by atoms with Crippen LogP contribution in [0.5, 0.6) is 5.75 Å². The highest BCUT2D eigenvalue weighted by Crippen LogP contribution is 2.23. The lowest BCUT2D eigenvalue weighted by molar-refractivity contribution is -0.121. The van der Waals surface area contributed by atoms with E-state index < -0.39 is 0 Å². The maximum Gasteiger partial charge on any atom is 0.247 e. The number of nitrogens with zero attached hydrogens (tertiary/aromatic N) is 3. The standard InChI is InChI=1S/C18H24N4O3/c1-2-3-10-24-15-6-4-13(5-7-15)18-21-20-16(25-18)12-22-9-8-14(11-22)17(19)23/h4-7,14H,2-3,8-12H2,1H3,(H2,19,23)/t14-/m1/s1. The molecule has 7 nitrogen and oxygen atoms in total. The van der Waals surface area contributed by atoms with E-state index in [0.29, 0.717) is 24.9 Å². The highest BCUT2D eigenvalue weighted by atomic mass is 16.5. The Hall–Kier alpha value is -2.41. The number of benzene rings is 1. The zero-order valence-electron chi connectivity index (χ0n) is 14.5. The van der Waals surface area contributed by atoms with Crippen molar-refractivity contribution in [2.45, 2.75) is 32.7 Å². The lowest BCUT2D eigenvalue weighted by Gasteiger charge is -2.11. The van der Waals surface area contributed by atoms with Gasteiger partial charge in [0.1, 0.15) is 5.75 Å². The third-order valence-corrected chi connectivity index (χ3v) is 4.37. The molecule has 7 heteroatoms. The normalized spacial score (nSPS) is 17.7. The summed E-state index contributed by atoms with van der Waals surface area (Å²) in [6.45, 7) is 4.86. The van der Waals surface area contributed by atoms with Crippen molar-refractivity contribution < 1.29 is 13.9 Å². The fourth-order valence-corrected chi connectivity index (χ4v) is 2.86. The average Bonchev–Trinajstić information content (AvgIpc) is 3.26. The monoisotopic (exact) mass is 344 g/mol. The Morgan fingerprint density at radius 1 is 1.36 bits per heavy atom. The molecule has 25 heavy (non-hydrogen) atoms. The summed E-state index contributed by atoms with van der Waals surface area (Å²) in [5, 5.41) is 8.22. The highest BCUT2D eigenvalue weighted by molar-refractivity contribution is 5.77. The van der Waals surface area contributed by atoms with Gasteiger partial charge in [-0.05, 0) is 43.7 Å². The fraction of sp³-hybridized carbons (Fsp3) is 0.500. The van der Waals surface area contributed by atoms with Crippen molar-refractivity contribution in [2.75, 3.05) is 19.7 Å². The summed E-state index contributed by atoms with van der Waals surface area (Å²) in [5.74, 6) is 1.55. The van der Waals surface area contributed by atoms with E-state index in [2.05, 4.69) is 22.0 Å². The fourth-order valence-electron chi connectivity index (χ4n) is 2.86. The zero-order valence-corrected chi connectivity index (χ0v) is 14.5. The van der Waals surface area contributed by atoms with Gasteiger partial charge in [0.15, 0.2) is 0 Å². The summed E-state index contributed by atoms with van der Waals surface area (Å²) in [6.07, 6.45) is 2.94. The van der Waals surface area contributed by atoms with Gasteiger partial charge in [-0.2, -0.15) is 0 Å². The van der Waals surface area contributed by atoms with Crippen molar-refractivity contribution in [1.29, 1.82) is 0 Å². The van der Waals surface area contributed by atoms with Crippen LogP contribution in [0.3, 0.4) is 0 Å². The number of likely N-dealkylation sites (tertiary alicyclic amines) is 1. The smallest absolute Gasteiger partial charge is 0.247 e. The van der Waals surface area contributed by atoms with Crippen molar-refractivity contribution in [3.63, 3.8) is 0 Å². The molecule has 2 aromatic rings. The van der Waals surface area contributed by atoms with Gasteiger partial charge < -0.3 is 14.9 Å². The van der Waals surface area contributed by atoms with Gasteiger partial charge >= 0.3 is 0 Å². The molecule has 2 heterocycles. The van der Waals surface area contributed by atoms with Crippen LogP contribution in [0.25, 0.3) is 11.5 Å². The molecule has 1 amide bonds. The van der Waals surface area contributed by atoms with Gasteiger partial charge in [-0.1, -0.05) is 13.3 Å². The molecule has 0 spiro atoms. The second kappa shape index (κ2) is 8.11. The van der Waals surface area contributed by atoms with E-state index in [1.165, 1.54) is 0 Å². The first-order valence-electron chi connectivity index (χ1n) is 8.73. The number of aromatic nitrogens is 2. The third kappa shape index (κ3) is 4.57. The molecule has 1 fully saturated rings. The third-order valence-electron chi connectivity index (χ3n) is 4.37. The van der Waals surface area contributed by atoms with E-state index in [4.69, 9.17) is 14.9 Å². The van der Waals surface area contributed by atoms with Crippen LogP contribution in [0.1, 0.15) is 32.1 Å². The van der Waals surface area contributed by atoms with Crippen LogP contribution in [0.15, 0.2) is 28.7 Å². The Kier molecular flexibility index (Phi) is 5.65. The number of carbonyl (C=O) groups excluding carboxylic acids is 1. The Morgan fingerprint density at radius 3 is 2.84 bits per heavy atom. The Labute approximate surface area is 147 Å².